The van der Waals surface area contributed by atoms with Crippen molar-refractivity contribution in [2.75, 3.05) is 4.72 Å². The van der Waals surface area contributed by atoms with Crippen molar-refractivity contribution in [3.05, 3.63) is 58.2 Å². The minimum atomic E-state index is -3.93. The van der Waals surface area contributed by atoms with E-state index in [-0.39, 0.29) is 20.9 Å². The molecule has 0 spiro atoms. The molecule has 0 bridgehead atoms. The number of aromatic amines is 1. The van der Waals surface area contributed by atoms with Gasteiger partial charge in [-0.15, -0.1) is 5.10 Å². The number of nitrogens with one attached hydrogen (secondary N) is 2. The molecule has 0 unspecified atom stereocenters. The van der Waals surface area contributed by atoms with Crippen LogP contribution in [0.1, 0.15) is 12.5 Å². The molecule has 3 rings (SSSR count). The predicted octanol–water partition coefficient (Wildman–Crippen LogP) is 3.27. The monoisotopic (exact) mass is 438 g/mol. The average Bonchev–Trinajstić information content (AvgIpc) is 3.04. The van der Waals surface area contributed by atoms with Gasteiger partial charge in [0.1, 0.15) is 4.90 Å². The van der Waals surface area contributed by atoms with Crippen LogP contribution in [-0.2, 0) is 10.0 Å². The molecule has 0 radical (unpaired) electrons. The molecule has 0 aliphatic rings. The van der Waals surface area contributed by atoms with Gasteiger partial charge in [-0.2, -0.15) is 5.10 Å². The highest BCUT2D eigenvalue weighted by Gasteiger charge is 2.19. The van der Waals surface area contributed by atoms with Gasteiger partial charge in [-0.3, -0.25) is 4.72 Å². The number of hydrogen-bond acceptors (Lipinski definition) is 4. The van der Waals surface area contributed by atoms with Gasteiger partial charge in [-0.05, 0) is 43.3 Å². The topological polar surface area (TPSA) is 139 Å². The lowest BCUT2D eigenvalue weighted by Crippen LogP contribution is -2.22. The summed E-state index contributed by atoms with van der Waals surface area (Å²) in [5, 5.41) is 8.66. The van der Waals surface area contributed by atoms with E-state index in [9.17, 15) is 8.42 Å². The highest BCUT2D eigenvalue weighted by molar-refractivity contribution is 7.92. The van der Waals surface area contributed by atoms with Crippen LogP contribution in [0.15, 0.2) is 57.7 Å². The van der Waals surface area contributed by atoms with Gasteiger partial charge in [0.15, 0.2) is 0 Å². The number of rotatable bonds is 5. The lowest BCUT2D eigenvalue weighted by atomic mass is 10.1. The van der Waals surface area contributed by atoms with Crippen molar-refractivity contribution in [1.82, 2.24) is 4.98 Å². The third kappa shape index (κ3) is 4.22. The molecule has 0 atom stereocenters. The fourth-order valence-electron chi connectivity index (χ4n) is 2.56. The minimum Gasteiger partial charge on any atom is -0.369 e. The molecule has 0 aliphatic heterocycles. The molecule has 1 aromatic heterocycles. The zero-order valence-corrected chi connectivity index (χ0v) is 16.9. The summed E-state index contributed by atoms with van der Waals surface area (Å²) in [5.41, 5.74) is 13.0. The van der Waals surface area contributed by atoms with Crippen molar-refractivity contribution >= 4 is 61.5 Å². The summed E-state index contributed by atoms with van der Waals surface area (Å²) < 4.78 is 27.9. The van der Waals surface area contributed by atoms with Crippen molar-refractivity contribution in [2.45, 2.75) is 11.8 Å². The summed E-state index contributed by atoms with van der Waals surface area (Å²) in [6, 6.07) is 9.27. The van der Waals surface area contributed by atoms with Crippen LogP contribution in [0, 0.1) is 0 Å². The van der Waals surface area contributed by atoms with Gasteiger partial charge in [-0.1, -0.05) is 23.2 Å². The number of aromatic nitrogens is 1. The number of halogens is 2. The van der Waals surface area contributed by atoms with Crippen LogP contribution in [-0.4, -0.2) is 25.1 Å². The Kier molecular flexibility index (Phi) is 5.50. The Labute approximate surface area is 171 Å². The van der Waals surface area contributed by atoms with E-state index >= 15 is 0 Å². The molecule has 3 aromatic rings. The Balaban J connectivity index is 2.01. The number of nitrogens with two attached hydrogens (primary N) is 2. The van der Waals surface area contributed by atoms with E-state index in [4.69, 9.17) is 34.7 Å². The number of guanidine groups is 1. The maximum Gasteiger partial charge on any atom is 0.263 e. The van der Waals surface area contributed by atoms with E-state index in [2.05, 4.69) is 19.9 Å². The SMILES string of the molecule is C/C(=N\N=C(N)N)c1c[nH]c2ccc(NS(=O)(=O)c3cc(Cl)ccc3Cl)cc12. The van der Waals surface area contributed by atoms with Gasteiger partial charge in [-0.25, -0.2) is 8.42 Å². The van der Waals surface area contributed by atoms with Crippen molar-refractivity contribution in [2.24, 2.45) is 21.7 Å². The summed E-state index contributed by atoms with van der Waals surface area (Å²) in [4.78, 5) is 2.98. The summed E-state index contributed by atoms with van der Waals surface area (Å²) in [5.74, 6) is -0.161. The normalized spacial score (nSPS) is 12.2. The Morgan fingerprint density at radius 1 is 1.11 bits per heavy atom. The van der Waals surface area contributed by atoms with E-state index < -0.39 is 10.0 Å². The van der Waals surface area contributed by atoms with Crippen molar-refractivity contribution in [3.63, 3.8) is 0 Å². The van der Waals surface area contributed by atoms with Crippen LogP contribution in [0.25, 0.3) is 10.9 Å². The third-order valence-corrected chi connectivity index (χ3v) is 5.92. The molecule has 1 heterocycles. The molecule has 6 N–H and O–H groups in total. The second-order valence-corrected chi connectivity index (χ2v) is 8.35. The molecule has 2 aromatic carbocycles. The smallest absolute Gasteiger partial charge is 0.263 e. The lowest BCUT2D eigenvalue weighted by molar-refractivity contribution is 0.601. The van der Waals surface area contributed by atoms with Crippen molar-refractivity contribution < 1.29 is 8.42 Å². The summed E-state index contributed by atoms with van der Waals surface area (Å²) in [7, 11) is -3.93. The number of anilines is 1. The molecule has 0 amide bonds. The maximum absolute atomic E-state index is 12.7. The van der Waals surface area contributed by atoms with Crippen LogP contribution in [0.2, 0.25) is 10.0 Å². The van der Waals surface area contributed by atoms with E-state index in [1.165, 1.54) is 18.2 Å². The summed E-state index contributed by atoms with van der Waals surface area (Å²) >= 11 is 11.9. The highest BCUT2D eigenvalue weighted by Crippen LogP contribution is 2.29. The molecule has 0 fully saturated rings. The summed E-state index contributed by atoms with van der Waals surface area (Å²) in [6.07, 6.45) is 1.73. The highest BCUT2D eigenvalue weighted by atomic mass is 35.5. The number of benzene rings is 2. The van der Waals surface area contributed by atoms with Gasteiger partial charge in [0, 0.05) is 33.4 Å². The Morgan fingerprint density at radius 2 is 1.86 bits per heavy atom. The minimum absolute atomic E-state index is 0.0699. The Morgan fingerprint density at radius 3 is 2.57 bits per heavy atom. The molecule has 146 valence electrons. The zero-order chi connectivity index (χ0) is 20.5. The standard InChI is InChI=1S/C17H16Cl2N6O2S/c1-9(23-24-17(20)21)13-8-22-15-5-3-11(7-12(13)15)25-28(26,27)16-6-10(18)2-4-14(16)19/h2-8,22,25H,1H3,(H4,20,21,24)/b23-9+. The Bertz CT molecular complexity index is 1210. The molecule has 0 aliphatic carbocycles. The number of hydrogen-bond donors (Lipinski definition) is 4. The Hall–Kier alpha value is -2.75. The number of fused-ring (bicyclic) bond motifs is 1. The van der Waals surface area contributed by atoms with Gasteiger partial charge in [0.05, 0.1) is 10.7 Å². The molecule has 0 saturated heterocycles. The fraction of sp³-hybridized carbons (Fsp3) is 0.0588. The van der Waals surface area contributed by atoms with Gasteiger partial charge in [0.2, 0.25) is 5.96 Å². The molecular weight excluding hydrogens is 423 g/mol. The fourth-order valence-corrected chi connectivity index (χ4v) is 4.38. The largest absolute Gasteiger partial charge is 0.369 e. The van der Waals surface area contributed by atoms with Crippen LogP contribution in [0.3, 0.4) is 0 Å². The first-order valence-electron chi connectivity index (χ1n) is 7.90. The zero-order valence-electron chi connectivity index (χ0n) is 14.6. The van der Waals surface area contributed by atoms with E-state index in [0.717, 1.165) is 16.5 Å². The van der Waals surface area contributed by atoms with Crippen LogP contribution < -0.4 is 16.2 Å². The number of H-pyrrole nitrogens is 1. The van der Waals surface area contributed by atoms with Gasteiger partial charge < -0.3 is 16.5 Å². The predicted molar refractivity (Wildman–Crippen MR) is 114 cm³/mol. The molecule has 11 heteroatoms. The van der Waals surface area contributed by atoms with Gasteiger partial charge >= 0.3 is 0 Å². The first-order chi connectivity index (χ1) is 13.2. The van der Waals surface area contributed by atoms with E-state index in [1.54, 1.807) is 31.3 Å². The summed E-state index contributed by atoms with van der Waals surface area (Å²) in [6.45, 7) is 1.73. The second-order valence-electron chi connectivity index (χ2n) is 5.85. The maximum atomic E-state index is 12.7. The second kappa shape index (κ2) is 7.70. The molecule has 8 nitrogen and oxygen atoms in total. The van der Waals surface area contributed by atoms with Crippen molar-refractivity contribution in [1.29, 1.82) is 0 Å². The van der Waals surface area contributed by atoms with Gasteiger partial charge in [0.25, 0.3) is 10.0 Å². The first kappa shape index (κ1) is 20.0. The quantitative estimate of drug-likeness (QED) is 0.275. The average molecular weight is 439 g/mol. The molecule has 28 heavy (non-hydrogen) atoms. The number of nitrogens with zero attached hydrogens (tertiary/aromatic N) is 2. The van der Waals surface area contributed by atoms with Crippen LogP contribution >= 0.6 is 23.2 Å². The van der Waals surface area contributed by atoms with Crippen molar-refractivity contribution in [3.8, 4) is 0 Å². The third-order valence-electron chi connectivity index (χ3n) is 3.82. The van der Waals surface area contributed by atoms with Crippen LogP contribution in [0.5, 0.6) is 0 Å². The van der Waals surface area contributed by atoms with Crippen LogP contribution in [0.4, 0.5) is 5.69 Å². The first-order valence-corrected chi connectivity index (χ1v) is 10.1. The molecule has 0 saturated carbocycles. The number of sulfonamides is 1. The molecular formula is C17H16Cl2N6O2S. The lowest BCUT2D eigenvalue weighted by Gasteiger charge is -2.10. The van der Waals surface area contributed by atoms with E-state index in [0.29, 0.717) is 11.4 Å². The van der Waals surface area contributed by atoms with E-state index in [1.807, 2.05) is 0 Å².